The Balaban J connectivity index is 3.38. The van der Waals surface area contributed by atoms with Crippen LogP contribution in [0.3, 0.4) is 0 Å². The van der Waals surface area contributed by atoms with Crippen LogP contribution in [-0.4, -0.2) is 28.1 Å². The van der Waals surface area contributed by atoms with E-state index in [4.69, 9.17) is 10.2 Å². The zero-order valence-electron chi connectivity index (χ0n) is 7.12. The minimum Gasteiger partial charge on any atom is -0.368 e. The third kappa shape index (κ3) is 7.37. The van der Waals surface area contributed by atoms with E-state index in [1.54, 1.807) is 0 Å². The van der Waals surface area contributed by atoms with Gasteiger partial charge in [-0.05, 0) is 19.8 Å². The first kappa shape index (κ1) is 11.3. The van der Waals surface area contributed by atoms with E-state index >= 15 is 0 Å². The minimum absolute atomic E-state index is 0.0402. The van der Waals surface area contributed by atoms with Crippen LogP contribution in [0.2, 0.25) is 0 Å². The van der Waals surface area contributed by atoms with Gasteiger partial charge in [0.15, 0.2) is 6.29 Å². The summed E-state index contributed by atoms with van der Waals surface area (Å²) in [6, 6.07) is 0. The summed E-state index contributed by atoms with van der Waals surface area (Å²) >= 11 is 0. The van der Waals surface area contributed by atoms with Gasteiger partial charge in [-0.25, -0.2) is 0 Å². The molecule has 0 unspecified atom stereocenters. The predicted molar refractivity (Wildman–Crippen MR) is 42.4 cm³/mol. The van der Waals surface area contributed by atoms with Gasteiger partial charge in [0.1, 0.15) is 11.6 Å². The molecule has 0 aliphatic rings. The predicted octanol–water partition coefficient (Wildman–Crippen LogP) is 0.0156. The highest BCUT2D eigenvalue weighted by Crippen LogP contribution is 2.01. The lowest BCUT2D eigenvalue weighted by atomic mass is 10.1. The molecular formula is C8H14O4. The van der Waals surface area contributed by atoms with Crippen molar-refractivity contribution in [3.63, 3.8) is 0 Å². The molecular weight excluding hydrogens is 160 g/mol. The second-order valence-corrected chi connectivity index (χ2v) is 2.79. The van der Waals surface area contributed by atoms with Crippen LogP contribution >= 0.6 is 0 Å². The monoisotopic (exact) mass is 174 g/mol. The first-order valence-electron chi connectivity index (χ1n) is 3.89. The third-order valence-corrected chi connectivity index (χ3v) is 1.36. The molecule has 4 nitrogen and oxygen atoms in total. The van der Waals surface area contributed by atoms with Gasteiger partial charge in [0.25, 0.3) is 0 Å². The lowest BCUT2D eigenvalue weighted by Crippen LogP contribution is -2.07. The standard InChI is InChI=1S/C8H14O4/c1-6(9)5-7(10)3-2-4-8(11)12/h8,11-12H,2-5H2,1H3. The van der Waals surface area contributed by atoms with Crippen LogP contribution < -0.4 is 0 Å². The van der Waals surface area contributed by atoms with Gasteiger partial charge in [-0.3, -0.25) is 9.59 Å². The first-order chi connectivity index (χ1) is 5.52. The highest BCUT2D eigenvalue weighted by atomic mass is 16.5. The van der Waals surface area contributed by atoms with Crippen LogP contribution in [0.5, 0.6) is 0 Å². The molecule has 0 aromatic heterocycles. The zero-order chi connectivity index (χ0) is 9.56. The molecule has 0 heterocycles. The molecule has 0 saturated carbocycles. The summed E-state index contributed by atoms with van der Waals surface area (Å²) in [6.07, 6.45) is -0.540. The van der Waals surface area contributed by atoms with Crippen molar-refractivity contribution in [3.05, 3.63) is 0 Å². The molecule has 4 heteroatoms. The summed E-state index contributed by atoms with van der Waals surface area (Å²) in [5, 5.41) is 16.8. The summed E-state index contributed by atoms with van der Waals surface area (Å²) in [7, 11) is 0. The van der Waals surface area contributed by atoms with E-state index in [1.807, 2.05) is 0 Å². The number of aliphatic hydroxyl groups excluding tert-OH is 1. The molecule has 2 N–H and O–H groups in total. The Morgan fingerprint density at radius 1 is 1.33 bits per heavy atom. The third-order valence-electron chi connectivity index (χ3n) is 1.36. The minimum atomic E-state index is -1.35. The quantitative estimate of drug-likeness (QED) is 0.439. The van der Waals surface area contributed by atoms with Gasteiger partial charge in [0, 0.05) is 6.42 Å². The van der Waals surface area contributed by atoms with Crippen LogP contribution in [-0.2, 0) is 9.59 Å². The zero-order valence-corrected chi connectivity index (χ0v) is 7.12. The van der Waals surface area contributed by atoms with Gasteiger partial charge in [-0.15, -0.1) is 0 Å². The van der Waals surface area contributed by atoms with E-state index < -0.39 is 6.29 Å². The normalized spacial score (nSPS) is 10.3. The SMILES string of the molecule is CC(=O)CC(=O)CCCC(O)O. The summed E-state index contributed by atoms with van der Waals surface area (Å²) in [5.41, 5.74) is 0. The molecule has 0 fully saturated rings. The number of aliphatic hydroxyl groups is 2. The molecule has 0 bridgehead atoms. The van der Waals surface area contributed by atoms with Crippen molar-refractivity contribution in [1.82, 2.24) is 0 Å². The van der Waals surface area contributed by atoms with Gasteiger partial charge in [-0.2, -0.15) is 0 Å². The molecule has 0 saturated heterocycles. The Morgan fingerprint density at radius 2 is 1.92 bits per heavy atom. The van der Waals surface area contributed by atoms with Crippen molar-refractivity contribution in [3.8, 4) is 0 Å². The number of hydrogen-bond acceptors (Lipinski definition) is 4. The largest absolute Gasteiger partial charge is 0.368 e. The van der Waals surface area contributed by atoms with Gasteiger partial charge in [-0.1, -0.05) is 0 Å². The average molecular weight is 174 g/mol. The number of carbonyl (C=O) groups excluding carboxylic acids is 2. The molecule has 70 valence electrons. The fraction of sp³-hybridized carbons (Fsp3) is 0.750. The molecule has 12 heavy (non-hydrogen) atoms. The lowest BCUT2D eigenvalue weighted by molar-refractivity contribution is -0.126. The van der Waals surface area contributed by atoms with Gasteiger partial charge in [0.2, 0.25) is 0 Å². The van der Waals surface area contributed by atoms with Gasteiger partial charge in [0.05, 0.1) is 6.42 Å². The van der Waals surface area contributed by atoms with Crippen molar-refractivity contribution in [1.29, 1.82) is 0 Å². The molecule has 0 rings (SSSR count). The van der Waals surface area contributed by atoms with Crippen LogP contribution in [0.15, 0.2) is 0 Å². The van der Waals surface area contributed by atoms with Crippen molar-refractivity contribution in [2.24, 2.45) is 0 Å². The smallest absolute Gasteiger partial charge is 0.151 e. The number of Topliss-reactive ketones (excluding diaryl/α,β-unsaturated/α-hetero) is 2. The second kappa shape index (κ2) is 5.85. The summed E-state index contributed by atoms with van der Waals surface area (Å²) < 4.78 is 0. The van der Waals surface area contributed by atoms with E-state index in [-0.39, 0.29) is 30.8 Å². The molecule has 0 aliphatic carbocycles. The molecule has 0 spiro atoms. The van der Waals surface area contributed by atoms with E-state index in [9.17, 15) is 9.59 Å². The first-order valence-corrected chi connectivity index (χ1v) is 3.89. The number of rotatable bonds is 6. The van der Waals surface area contributed by atoms with Crippen molar-refractivity contribution < 1.29 is 19.8 Å². The molecule has 0 amide bonds. The van der Waals surface area contributed by atoms with Crippen molar-refractivity contribution in [2.75, 3.05) is 0 Å². The Bertz CT molecular complexity index is 162. The van der Waals surface area contributed by atoms with Crippen LogP contribution in [0, 0.1) is 0 Å². The average Bonchev–Trinajstić information content (AvgIpc) is 1.84. The Hall–Kier alpha value is -0.740. The fourth-order valence-corrected chi connectivity index (χ4v) is 0.848. The number of hydrogen-bond donors (Lipinski definition) is 2. The van der Waals surface area contributed by atoms with E-state index in [0.717, 1.165) is 0 Å². The van der Waals surface area contributed by atoms with E-state index in [2.05, 4.69) is 0 Å². The van der Waals surface area contributed by atoms with E-state index in [0.29, 0.717) is 6.42 Å². The topological polar surface area (TPSA) is 74.6 Å². The van der Waals surface area contributed by atoms with Crippen LogP contribution in [0.1, 0.15) is 32.6 Å². The highest BCUT2D eigenvalue weighted by Gasteiger charge is 2.05. The van der Waals surface area contributed by atoms with Crippen LogP contribution in [0.25, 0.3) is 0 Å². The lowest BCUT2D eigenvalue weighted by Gasteiger charge is -2.01. The Morgan fingerprint density at radius 3 is 2.33 bits per heavy atom. The summed E-state index contributed by atoms with van der Waals surface area (Å²) in [6.45, 7) is 1.36. The highest BCUT2D eigenvalue weighted by molar-refractivity contribution is 5.97. The van der Waals surface area contributed by atoms with Crippen molar-refractivity contribution in [2.45, 2.75) is 38.9 Å². The maximum absolute atomic E-state index is 10.9. The Labute approximate surface area is 71.2 Å². The van der Waals surface area contributed by atoms with Crippen LogP contribution in [0.4, 0.5) is 0 Å². The molecule has 0 aromatic rings. The summed E-state index contributed by atoms with van der Waals surface area (Å²) in [5.74, 6) is -0.285. The maximum atomic E-state index is 10.9. The van der Waals surface area contributed by atoms with Gasteiger partial charge < -0.3 is 10.2 Å². The molecule has 0 atom stereocenters. The number of carbonyl (C=O) groups is 2. The van der Waals surface area contributed by atoms with E-state index in [1.165, 1.54) is 6.92 Å². The number of ketones is 2. The molecule has 0 aromatic carbocycles. The van der Waals surface area contributed by atoms with Gasteiger partial charge >= 0.3 is 0 Å². The second-order valence-electron chi connectivity index (χ2n) is 2.79. The maximum Gasteiger partial charge on any atom is 0.151 e. The molecule has 0 radical (unpaired) electrons. The van der Waals surface area contributed by atoms with Crippen molar-refractivity contribution >= 4 is 11.6 Å². The fourth-order valence-electron chi connectivity index (χ4n) is 0.848. The summed E-state index contributed by atoms with van der Waals surface area (Å²) in [4.78, 5) is 21.3. The Kier molecular flexibility index (Phi) is 5.49. The molecule has 0 aliphatic heterocycles.